The molecule has 1 aromatic rings. The van der Waals surface area contributed by atoms with Crippen LogP contribution in [-0.2, 0) is 0 Å². The summed E-state index contributed by atoms with van der Waals surface area (Å²) in [7, 11) is 0. The molecule has 3 rings (SSSR count). The molecule has 0 N–H and O–H groups in total. The van der Waals surface area contributed by atoms with Crippen molar-refractivity contribution in [3.8, 4) is 0 Å². The number of fused-ring (bicyclic) bond motifs is 1. The van der Waals surface area contributed by atoms with E-state index in [1.165, 1.54) is 28.2 Å². The average molecular weight is 292 g/mol. The van der Waals surface area contributed by atoms with Crippen molar-refractivity contribution >= 4 is 5.69 Å². The topological polar surface area (TPSA) is 6.48 Å². The van der Waals surface area contributed by atoms with Gasteiger partial charge in [0.15, 0.2) is 0 Å². The van der Waals surface area contributed by atoms with Crippen LogP contribution in [-0.4, -0.2) is 4.90 Å². The Morgan fingerprint density at radius 2 is 1.64 bits per heavy atom. The molecule has 2 aliphatic rings. The van der Waals surface area contributed by atoms with E-state index >= 15 is 0 Å². The molecule has 2 radical (unpaired) electrons. The fourth-order valence-corrected chi connectivity index (χ4v) is 3.05. The molecule has 2 heterocycles. The Hall–Kier alpha value is -1.96. The molecule has 0 spiro atoms. The zero-order chi connectivity index (χ0) is 15.9. The van der Waals surface area contributed by atoms with Gasteiger partial charge >= 0.3 is 0 Å². The molecular weight excluding hydrogens is 268 g/mol. The lowest BCUT2D eigenvalue weighted by Gasteiger charge is -2.27. The highest BCUT2D eigenvalue weighted by molar-refractivity contribution is 5.67. The van der Waals surface area contributed by atoms with Crippen molar-refractivity contribution in [2.75, 3.05) is 4.90 Å². The van der Waals surface area contributed by atoms with Crippen LogP contribution in [0.1, 0.15) is 57.6 Å². The van der Waals surface area contributed by atoms with Gasteiger partial charge in [0.25, 0.3) is 0 Å². The van der Waals surface area contributed by atoms with Crippen LogP contribution >= 0.6 is 0 Å². The molecule has 0 aromatic heterocycles. The standard InChI is InChI=1S/C20H24N2/c1-14(2)18-10-7-11-19(15(3)4)20(18)21-12-17-9-6-8-16(5)22(17)13-21/h6-12,14-15H,1-5H3. The first-order valence-corrected chi connectivity index (χ1v) is 8.04. The molecule has 22 heavy (non-hydrogen) atoms. The third-order valence-corrected chi connectivity index (χ3v) is 4.27. The van der Waals surface area contributed by atoms with Crippen LogP contribution in [0.3, 0.4) is 0 Å². The molecular formula is C20H24N2. The van der Waals surface area contributed by atoms with E-state index in [4.69, 9.17) is 0 Å². The predicted molar refractivity (Wildman–Crippen MR) is 93.2 cm³/mol. The lowest BCUT2D eigenvalue weighted by atomic mass is 9.92. The van der Waals surface area contributed by atoms with Gasteiger partial charge in [-0.25, -0.2) is 0 Å². The minimum atomic E-state index is 0.485. The monoisotopic (exact) mass is 292 g/mol. The summed E-state index contributed by atoms with van der Waals surface area (Å²) in [6, 6.07) is 6.65. The van der Waals surface area contributed by atoms with Crippen molar-refractivity contribution in [3.63, 3.8) is 0 Å². The molecule has 0 atom stereocenters. The lowest BCUT2D eigenvalue weighted by molar-refractivity contribution is 0.547. The van der Waals surface area contributed by atoms with E-state index in [0.29, 0.717) is 11.8 Å². The number of nitrogens with zero attached hydrogens (tertiary/aromatic N) is 2. The molecule has 0 aliphatic carbocycles. The van der Waals surface area contributed by atoms with Crippen LogP contribution < -0.4 is 4.90 Å². The van der Waals surface area contributed by atoms with Gasteiger partial charge in [-0.3, -0.25) is 0 Å². The maximum Gasteiger partial charge on any atom is 0.218 e. The average Bonchev–Trinajstić information content (AvgIpc) is 2.91. The minimum absolute atomic E-state index is 0.485. The van der Waals surface area contributed by atoms with Crippen LogP contribution in [0.15, 0.2) is 54.0 Å². The molecule has 1 aromatic carbocycles. The van der Waals surface area contributed by atoms with Crippen molar-refractivity contribution in [2.24, 2.45) is 0 Å². The fraction of sp³-hybridized carbons (Fsp3) is 0.350. The second-order valence-electron chi connectivity index (χ2n) is 6.62. The highest BCUT2D eigenvalue weighted by Gasteiger charge is 2.28. The summed E-state index contributed by atoms with van der Waals surface area (Å²) in [5.74, 6) is 0.970. The maximum atomic E-state index is 3.50. The number of rotatable bonds is 3. The van der Waals surface area contributed by atoms with Crippen molar-refractivity contribution < 1.29 is 0 Å². The fourth-order valence-electron chi connectivity index (χ4n) is 3.05. The zero-order valence-corrected chi connectivity index (χ0v) is 14.1. The molecule has 0 saturated carbocycles. The van der Waals surface area contributed by atoms with E-state index in [1.807, 2.05) is 0 Å². The van der Waals surface area contributed by atoms with E-state index in [1.54, 1.807) is 0 Å². The second kappa shape index (κ2) is 5.68. The zero-order valence-electron chi connectivity index (χ0n) is 14.1. The Morgan fingerprint density at radius 3 is 2.18 bits per heavy atom. The van der Waals surface area contributed by atoms with Crippen LogP contribution in [0.4, 0.5) is 5.69 Å². The summed E-state index contributed by atoms with van der Waals surface area (Å²) in [4.78, 5) is 4.30. The van der Waals surface area contributed by atoms with Gasteiger partial charge in [-0.1, -0.05) is 52.0 Å². The third kappa shape index (κ3) is 2.47. The quantitative estimate of drug-likeness (QED) is 0.739. The van der Waals surface area contributed by atoms with Gasteiger partial charge in [-0.2, -0.15) is 0 Å². The molecule has 0 unspecified atom stereocenters. The normalized spacial score (nSPS) is 17.2. The highest BCUT2D eigenvalue weighted by Crippen LogP contribution is 2.40. The number of para-hydroxylation sites is 1. The molecule has 2 aliphatic heterocycles. The van der Waals surface area contributed by atoms with Crippen LogP contribution in [0.5, 0.6) is 0 Å². The summed E-state index contributed by atoms with van der Waals surface area (Å²) >= 11 is 0. The Kier molecular flexibility index (Phi) is 3.86. The molecule has 0 saturated heterocycles. The van der Waals surface area contributed by atoms with Crippen molar-refractivity contribution in [2.45, 2.75) is 46.5 Å². The van der Waals surface area contributed by atoms with Gasteiger partial charge in [0, 0.05) is 11.9 Å². The van der Waals surface area contributed by atoms with Crippen molar-refractivity contribution in [3.05, 3.63) is 71.8 Å². The lowest BCUT2D eigenvalue weighted by Crippen LogP contribution is -2.22. The summed E-state index contributed by atoms with van der Waals surface area (Å²) in [6.45, 7) is 14.6. The number of anilines is 1. The summed E-state index contributed by atoms with van der Waals surface area (Å²) in [5.41, 5.74) is 6.41. The maximum absolute atomic E-state index is 3.50. The van der Waals surface area contributed by atoms with E-state index < -0.39 is 0 Å². The van der Waals surface area contributed by atoms with Crippen LogP contribution in [0, 0.1) is 6.67 Å². The Balaban J connectivity index is 2.08. The Bertz CT molecular complexity index is 636. The SMILES string of the molecule is CC1=CC=CC2=CN(c3c(C(C)C)cccc3C(C)C)[C]N12. The van der Waals surface area contributed by atoms with E-state index in [2.05, 4.69) is 93.7 Å². The largest absolute Gasteiger partial charge is 0.314 e. The smallest absolute Gasteiger partial charge is 0.218 e. The minimum Gasteiger partial charge on any atom is -0.314 e. The molecule has 2 nitrogen and oxygen atoms in total. The first-order valence-electron chi connectivity index (χ1n) is 8.04. The van der Waals surface area contributed by atoms with Gasteiger partial charge in [0.2, 0.25) is 6.67 Å². The summed E-state index contributed by atoms with van der Waals surface area (Å²) < 4.78 is 0. The highest BCUT2D eigenvalue weighted by atomic mass is 15.4. The molecule has 114 valence electrons. The van der Waals surface area contributed by atoms with E-state index in [0.717, 1.165) is 0 Å². The van der Waals surface area contributed by atoms with Gasteiger partial charge < -0.3 is 9.80 Å². The summed E-state index contributed by atoms with van der Waals surface area (Å²) in [6.07, 6.45) is 8.53. The Labute approximate surface area is 134 Å². The first-order chi connectivity index (χ1) is 10.5. The Morgan fingerprint density at radius 1 is 1.00 bits per heavy atom. The molecule has 0 amide bonds. The number of hydrogen-bond acceptors (Lipinski definition) is 2. The van der Waals surface area contributed by atoms with Crippen LogP contribution in [0.25, 0.3) is 0 Å². The molecule has 0 bridgehead atoms. The number of benzene rings is 1. The van der Waals surface area contributed by atoms with E-state index in [9.17, 15) is 0 Å². The third-order valence-electron chi connectivity index (χ3n) is 4.27. The molecule has 2 heteroatoms. The van der Waals surface area contributed by atoms with Gasteiger partial charge in [-0.05, 0) is 42.0 Å². The van der Waals surface area contributed by atoms with E-state index in [-0.39, 0.29) is 0 Å². The van der Waals surface area contributed by atoms with Gasteiger partial charge in [0.1, 0.15) is 0 Å². The molecule has 0 fully saturated rings. The van der Waals surface area contributed by atoms with Gasteiger partial charge in [0.05, 0.1) is 11.4 Å². The predicted octanol–water partition coefficient (Wildman–Crippen LogP) is 5.37. The van der Waals surface area contributed by atoms with Crippen molar-refractivity contribution in [1.82, 2.24) is 4.90 Å². The van der Waals surface area contributed by atoms with Gasteiger partial charge in [-0.15, -0.1) is 0 Å². The second-order valence-corrected chi connectivity index (χ2v) is 6.62. The van der Waals surface area contributed by atoms with Crippen LogP contribution in [0.2, 0.25) is 0 Å². The van der Waals surface area contributed by atoms with Crippen molar-refractivity contribution in [1.29, 1.82) is 0 Å². The number of hydrogen-bond donors (Lipinski definition) is 0. The first kappa shape index (κ1) is 15.0. The number of allylic oxidation sites excluding steroid dienone is 4. The summed E-state index contributed by atoms with van der Waals surface area (Å²) in [5, 5.41) is 0.